The summed E-state index contributed by atoms with van der Waals surface area (Å²) in [6, 6.07) is 7.57. The number of rotatable bonds is 4. The monoisotopic (exact) mass is 460 g/mol. The predicted octanol–water partition coefficient (Wildman–Crippen LogP) is 2.02. The molecule has 31 heavy (non-hydrogen) atoms. The Morgan fingerprint density at radius 1 is 1.03 bits per heavy atom. The standard InChI is InChI=1S/C21H17ClN2O6S/c1-11-2-4-13(9-16(11)22)31(29,30)10-12-3-5-14-15(8-12)21(28)24(20(14)27)17-6-7-18(25)23-19(17)26/h2-5,8-9,17H,6-7,10H2,1H3,(H,23,25,26). The molecule has 0 aromatic heterocycles. The molecule has 1 atom stereocenters. The number of benzene rings is 2. The van der Waals surface area contributed by atoms with Crippen LogP contribution in [0.5, 0.6) is 0 Å². The minimum absolute atomic E-state index is 0.0203. The van der Waals surface area contributed by atoms with Crippen molar-refractivity contribution in [1.29, 1.82) is 0 Å². The van der Waals surface area contributed by atoms with E-state index in [0.29, 0.717) is 10.6 Å². The molecule has 160 valence electrons. The Morgan fingerprint density at radius 3 is 2.42 bits per heavy atom. The molecule has 4 amide bonds. The van der Waals surface area contributed by atoms with E-state index in [0.717, 1.165) is 10.5 Å². The molecule has 0 saturated carbocycles. The highest BCUT2D eigenvalue weighted by atomic mass is 35.5. The van der Waals surface area contributed by atoms with Gasteiger partial charge in [-0.1, -0.05) is 23.7 Å². The summed E-state index contributed by atoms with van der Waals surface area (Å²) in [6.07, 6.45) is 0.0674. The van der Waals surface area contributed by atoms with Crippen LogP contribution in [0.2, 0.25) is 5.02 Å². The van der Waals surface area contributed by atoms with Crippen molar-refractivity contribution in [3.8, 4) is 0 Å². The van der Waals surface area contributed by atoms with Crippen molar-refractivity contribution in [1.82, 2.24) is 10.2 Å². The molecular formula is C21H17ClN2O6S. The number of aryl methyl sites for hydroxylation is 1. The lowest BCUT2D eigenvalue weighted by molar-refractivity contribution is -0.136. The van der Waals surface area contributed by atoms with E-state index in [1.54, 1.807) is 13.0 Å². The van der Waals surface area contributed by atoms with Crippen molar-refractivity contribution in [3.05, 3.63) is 63.7 Å². The number of amides is 4. The molecule has 0 bridgehead atoms. The highest BCUT2D eigenvalue weighted by Crippen LogP contribution is 2.30. The Morgan fingerprint density at radius 2 is 1.74 bits per heavy atom. The minimum atomic E-state index is -3.75. The quantitative estimate of drug-likeness (QED) is 0.697. The molecule has 0 radical (unpaired) electrons. The Labute approximate surface area is 183 Å². The fourth-order valence-corrected chi connectivity index (χ4v) is 5.28. The van der Waals surface area contributed by atoms with Crippen LogP contribution >= 0.6 is 11.6 Å². The minimum Gasteiger partial charge on any atom is -0.295 e. The maximum absolute atomic E-state index is 12.9. The number of fused-ring (bicyclic) bond motifs is 1. The zero-order valence-corrected chi connectivity index (χ0v) is 17.9. The van der Waals surface area contributed by atoms with Gasteiger partial charge in [-0.05, 0) is 48.7 Å². The smallest absolute Gasteiger partial charge is 0.262 e. The van der Waals surface area contributed by atoms with Gasteiger partial charge in [-0.2, -0.15) is 0 Å². The number of hydrogen-bond acceptors (Lipinski definition) is 6. The summed E-state index contributed by atoms with van der Waals surface area (Å²) in [6.45, 7) is 1.76. The van der Waals surface area contributed by atoms with Crippen LogP contribution in [0.25, 0.3) is 0 Å². The summed E-state index contributed by atoms with van der Waals surface area (Å²) in [7, 11) is -3.75. The number of hydrogen-bond donors (Lipinski definition) is 1. The fourth-order valence-electron chi connectivity index (χ4n) is 3.68. The number of imide groups is 2. The molecule has 1 unspecified atom stereocenters. The van der Waals surface area contributed by atoms with Crippen molar-refractivity contribution in [2.75, 3.05) is 0 Å². The van der Waals surface area contributed by atoms with Crippen LogP contribution in [0, 0.1) is 6.92 Å². The SMILES string of the molecule is Cc1ccc(S(=O)(=O)Cc2ccc3c(c2)C(=O)N(C2CCC(=O)NC2=O)C3=O)cc1Cl. The van der Waals surface area contributed by atoms with Crippen LogP contribution in [0.4, 0.5) is 0 Å². The van der Waals surface area contributed by atoms with Gasteiger partial charge >= 0.3 is 0 Å². The Balaban J connectivity index is 1.62. The third kappa shape index (κ3) is 3.75. The Bertz CT molecular complexity index is 1270. The molecule has 2 aliphatic rings. The molecule has 2 aromatic carbocycles. The second-order valence-corrected chi connectivity index (χ2v) is 9.89. The van der Waals surface area contributed by atoms with Gasteiger partial charge < -0.3 is 0 Å². The predicted molar refractivity (Wildman–Crippen MR) is 110 cm³/mol. The molecule has 1 saturated heterocycles. The lowest BCUT2D eigenvalue weighted by Gasteiger charge is -2.27. The topological polar surface area (TPSA) is 118 Å². The molecule has 2 heterocycles. The van der Waals surface area contributed by atoms with Crippen LogP contribution in [-0.2, 0) is 25.2 Å². The maximum atomic E-state index is 12.9. The Hall–Kier alpha value is -3.04. The summed E-state index contributed by atoms with van der Waals surface area (Å²) < 4.78 is 25.6. The van der Waals surface area contributed by atoms with Crippen molar-refractivity contribution < 1.29 is 27.6 Å². The number of carbonyl (C=O) groups is 4. The van der Waals surface area contributed by atoms with Crippen molar-refractivity contribution in [2.45, 2.75) is 36.5 Å². The normalized spacial score (nSPS) is 18.9. The molecule has 0 aliphatic carbocycles. The number of carbonyl (C=O) groups excluding carboxylic acids is 4. The average molecular weight is 461 g/mol. The number of nitrogens with zero attached hydrogens (tertiary/aromatic N) is 1. The third-order valence-electron chi connectivity index (χ3n) is 5.36. The lowest BCUT2D eigenvalue weighted by atomic mass is 10.0. The summed E-state index contributed by atoms with van der Waals surface area (Å²) in [5.41, 5.74) is 1.19. The van der Waals surface area contributed by atoms with Gasteiger partial charge in [0.25, 0.3) is 11.8 Å². The van der Waals surface area contributed by atoms with Gasteiger partial charge in [0.05, 0.1) is 21.8 Å². The second-order valence-electron chi connectivity index (χ2n) is 7.50. The molecule has 8 nitrogen and oxygen atoms in total. The molecule has 0 spiro atoms. The van der Waals surface area contributed by atoms with Crippen LogP contribution in [0.3, 0.4) is 0 Å². The molecule has 1 N–H and O–H groups in total. The van der Waals surface area contributed by atoms with Gasteiger partial charge in [-0.25, -0.2) is 8.42 Å². The van der Waals surface area contributed by atoms with E-state index in [9.17, 15) is 27.6 Å². The van der Waals surface area contributed by atoms with Gasteiger partial charge in [-0.15, -0.1) is 0 Å². The first-order valence-electron chi connectivity index (χ1n) is 9.42. The van der Waals surface area contributed by atoms with Crippen LogP contribution in [0.1, 0.15) is 44.7 Å². The molecule has 1 fully saturated rings. The first-order valence-corrected chi connectivity index (χ1v) is 11.4. The van der Waals surface area contributed by atoms with E-state index in [1.807, 2.05) is 0 Å². The summed E-state index contributed by atoms with van der Waals surface area (Å²) >= 11 is 6.04. The van der Waals surface area contributed by atoms with Crippen molar-refractivity contribution in [3.63, 3.8) is 0 Å². The molecule has 2 aliphatic heterocycles. The zero-order valence-electron chi connectivity index (χ0n) is 16.3. The van der Waals surface area contributed by atoms with E-state index in [2.05, 4.69) is 5.32 Å². The first-order chi connectivity index (χ1) is 14.6. The molecule has 2 aromatic rings. The lowest BCUT2D eigenvalue weighted by Crippen LogP contribution is -2.54. The summed E-state index contributed by atoms with van der Waals surface area (Å²) in [5, 5.41) is 2.46. The molecule has 10 heteroatoms. The van der Waals surface area contributed by atoms with Gasteiger partial charge in [0, 0.05) is 11.4 Å². The zero-order chi connectivity index (χ0) is 22.5. The summed E-state index contributed by atoms with van der Waals surface area (Å²) in [5.74, 6) is -2.88. The fraction of sp³-hybridized carbons (Fsp3) is 0.238. The van der Waals surface area contributed by atoms with E-state index in [1.165, 1.54) is 30.3 Å². The van der Waals surface area contributed by atoms with E-state index >= 15 is 0 Å². The number of nitrogens with one attached hydrogen (secondary N) is 1. The molecule has 4 rings (SSSR count). The summed E-state index contributed by atoms with van der Waals surface area (Å²) in [4.78, 5) is 50.0. The van der Waals surface area contributed by atoms with Crippen LogP contribution in [0.15, 0.2) is 41.3 Å². The van der Waals surface area contributed by atoms with Gasteiger partial charge in [0.15, 0.2) is 9.84 Å². The van der Waals surface area contributed by atoms with Crippen molar-refractivity contribution >= 4 is 45.1 Å². The van der Waals surface area contributed by atoms with Gasteiger partial charge in [0.1, 0.15) is 6.04 Å². The molecular weight excluding hydrogens is 444 g/mol. The number of sulfone groups is 1. The maximum Gasteiger partial charge on any atom is 0.262 e. The van der Waals surface area contributed by atoms with Gasteiger partial charge in [-0.3, -0.25) is 29.4 Å². The second kappa shape index (κ2) is 7.58. The first kappa shape index (κ1) is 21.2. The number of halogens is 1. The highest BCUT2D eigenvalue weighted by Gasteiger charge is 2.44. The van der Waals surface area contributed by atoms with Crippen LogP contribution in [-0.4, -0.2) is 43.0 Å². The van der Waals surface area contributed by atoms with Crippen LogP contribution < -0.4 is 5.32 Å². The average Bonchev–Trinajstić information content (AvgIpc) is 2.94. The third-order valence-corrected chi connectivity index (χ3v) is 7.46. The highest BCUT2D eigenvalue weighted by molar-refractivity contribution is 7.90. The van der Waals surface area contributed by atoms with E-state index < -0.39 is 39.5 Å². The largest absolute Gasteiger partial charge is 0.295 e. The van der Waals surface area contributed by atoms with Crippen molar-refractivity contribution in [2.24, 2.45) is 0 Å². The Kier molecular flexibility index (Phi) is 5.18. The number of piperidine rings is 1. The van der Waals surface area contributed by atoms with E-state index in [4.69, 9.17) is 11.6 Å². The van der Waals surface area contributed by atoms with E-state index in [-0.39, 0.29) is 34.6 Å². The van der Waals surface area contributed by atoms with Gasteiger partial charge in [0.2, 0.25) is 11.8 Å².